The fraction of sp³-hybridized carbons (Fsp3) is 0.136. The molecule has 4 rings (SSSR count). The van der Waals surface area contributed by atoms with Gasteiger partial charge in [-0.25, -0.2) is 13.5 Å². The second-order valence-corrected chi connectivity index (χ2v) is 8.41. The van der Waals surface area contributed by atoms with Crippen molar-refractivity contribution < 1.29 is 18.4 Å². The van der Waals surface area contributed by atoms with Crippen molar-refractivity contribution in [2.24, 2.45) is 0 Å². The van der Waals surface area contributed by atoms with Crippen LogP contribution >= 0.6 is 22.9 Å². The van der Waals surface area contributed by atoms with Crippen molar-refractivity contribution in [3.63, 3.8) is 0 Å². The number of nitrogens with zero attached hydrogens (tertiary/aromatic N) is 2. The number of fused-ring (bicyclic) bond motifs is 1. The van der Waals surface area contributed by atoms with Gasteiger partial charge in [0, 0.05) is 12.4 Å². The van der Waals surface area contributed by atoms with Crippen LogP contribution in [0, 0.1) is 18.6 Å². The first-order chi connectivity index (χ1) is 15.3. The summed E-state index contributed by atoms with van der Waals surface area (Å²) in [7, 11) is 1.39. The lowest BCUT2D eigenvalue weighted by molar-refractivity contribution is -0.122. The summed E-state index contributed by atoms with van der Waals surface area (Å²) in [6, 6.07) is 10.7. The average molecular weight is 475 g/mol. The molecule has 1 unspecified atom stereocenters. The van der Waals surface area contributed by atoms with Gasteiger partial charge in [-0.1, -0.05) is 29.8 Å². The second kappa shape index (κ2) is 8.68. The molecule has 32 heavy (non-hydrogen) atoms. The Morgan fingerprint density at radius 3 is 2.56 bits per heavy atom. The second-order valence-electron chi connectivity index (χ2n) is 6.97. The van der Waals surface area contributed by atoms with E-state index in [4.69, 9.17) is 11.6 Å². The number of thiophene rings is 1. The molecule has 0 saturated carbocycles. The van der Waals surface area contributed by atoms with Crippen molar-refractivity contribution >= 4 is 45.0 Å². The maximum Gasteiger partial charge on any atom is 0.262 e. The lowest BCUT2D eigenvalue weighted by atomic mass is 10.1. The number of hydrogen-bond donors (Lipinski definition) is 2. The van der Waals surface area contributed by atoms with Crippen LogP contribution in [-0.4, -0.2) is 28.6 Å². The topological polar surface area (TPSA) is 76.0 Å². The molecule has 2 amide bonds. The number of carbonyl (C=O) groups is 2. The highest BCUT2D eigenvalue weighted by Gasteiger charge is 2.25. The van der Waals surface area contributed by atoms with E-state index in [2.05, 4.69) is 15.7 Å². The first kappa shape index (κ1) is 21.9. The summed E-state index contributed by atoms with van der Waals surface area (Å²) in [4.78, 5) is 26.4. The van der Waals surface area contributed by atoms with E-state index in [1.807, 2.05) is 25.1 Å². The molecular formula is C22H17ClF2N4O2S. The van der Waals surface area contributed by atoms with E-state index < -0.39 is 29.5 Å². The van der Waals surface area contributed by atoms with Crippen LogP contribution in [0.15, 0.2) is 48.5 Å². The Bertz CT molecular complexity index is 1350. The maximum atomic E-state index is 13.7. The van der Waals surface area contributed by atoms with Gasteiger partial charge in [-0.3, -0.25) is 9.59 Å². The fourth-order valence-corrected chi connectivity index (χ4v) is 4.58. The van der Waals surface area contributed by atoms with E-state index in [0.29, 0.717) is 26.1 Å². The van der Waals surface area contributed by atoms with Crippen LogP contribution in [0.3, 0.4) is 0 Å². The molecule has 10 heteroatoms. The lowest BCUT2D eigenvalue weighted by Gasteiger charge is -2.17. The van der Waals surface area contributed by atoms with Crippen LogP contribution in [-0.2, 0) is 4.79 Å². The molecule has 1 atom stereocenters. The fourth-order valence-electron chi connectivity index (χ4n) is 3.28. The third-order valence-electron chi connectivity index (χ3n) is 4.91. The molecule has 0 aliphatic rings. The van der Waals surface area contributed by atoms with Gasteiger partial charge < -0.3 is 10.6 Å². The van der Waals surface area contributed by atoms with Gasteiger partial charge in [0.2, 0.25) is 5.91 Å². The predicted molar refractivity (Wildman–Crippen MR) is 119 cm³/mol. The molecule has 0 aliphatic carbocycles. The van der Waals surface area contributed by atoms with E-state index in [-0.39, 0.29) is 5.56 Å². The van der Waals surface area contributed by atoms with Crippen molar-refractivity contribution in [1.29, 1.82) is 0 Å². The van der Waals surface area contributed by atoms with Crippen LogP contribution in [0.25, 0.3) is 15.9 Å². The monoisotopic (exact) mass is 474 g/mol. The van der Waals surface area contributed by atoms with E-state index >= 15 is 0 Å². The standard InChI is InChI=1S/C22H17ClF2N4O2S/c1-11-13-10-18(32-22(13)29(28-11)17-6-4-3-5-14(17)23)20(30)27-19(21(31)26-2)12-7-8-15(24)16(25)9-12/h3-10,19H,1-2H3,(H,26,31)(H,27,30). The quantitative estimate of drug-likeness (QED) is 0.446. The molecule has 2 aromatic carbocycles. The molecule has 0 spiro atoms. The van der Waals surface area contributed by atoms with Crippen molar-refractivity contribution in [3.8, 4) is 5.69 Å². The Morgan fingerprint density at radius 1 is 1.12 bits per heavy atom. The largest absolute Gasteiger partial charge is 0.357 e. The van der Waals surface area contributed by atoms with Crippen molar-refractivity contribution in [3.05, 3.63) is 81.3 Å². The summed E-state index contributed by atoms with van der Waals surface area (Å²) in [5.41, 5.74) is 1.50. The Labute approximate surface area is 190 Å². The summed E-state index contributed by atoms with van der Waals surface area (Å²) in [5, 5.41) is 10.8. The van der Waals surface area contributed by atoms with Gasteiger partial charge in [0.15, 0.2) is 11.6 Å². The van der Waals surface area contributed by atoms with E-state index in [1.54, 1.807) is 16.8 Å². The number of hydrogen-bond acceptors (Lipinski definition) is 4. The minimum atomic E-state index is -1.20. The maximum absolute atomic E-state index is 13.7. The molecular weight excluding hydrogens is 458 g/mol. The van der Waals surface area contributed by atoms with Gasteiger partial charge in [0.05, 0.1) is 21.3 Å². The summed E-state index contributed by atoms with van der Waals surface area (Å²) >= 11 is 7.49. The van der Waals surface area contributed by atoms with Crippen molar-refractivity contribution in [1.82, 2.24) is 20.4 Å². The zero-order valence-corrected chi connectivity index (χ0v) is 18.5. The first-order valence-corrected chi connectivity index (χ1v) is 10.7. The van der Waals surface area contributed by atoms with Crippen LogP contribution < -0.4 is 10.6 Å². The first-order valence-electron chi connectivity index (χ1n) is 9.51. The number of para-hydroxylation sites is 1. The van der Waals surface area contributed by atoms with Crippen LogP contribution in [0.1, 0.15) is 27.0 Å². The van der Waals surface area contributed by atoms with Crippen LogP contribution in [0.4, 0.5) is 8.78 Å². The number of carbonyl (C=O) groups excluding carboxylic acids is 2. The van der Waals surface area contributed by atoms with Crippen LogP contribution in [0.5, 0.6) is 0 Å². The molecule has 6 nitrogen and oxygen atoms in total. The van der Waals surface area contributed by atoms with Gasteiger partial charge >= 0.3 is 0 Å². The number of nitrogens with one attached hydrogen (secondary N) is 2. The summed E-state index contributed by atoms with van der Waals surface area (Å²) < 4.78 is 28.7. The minimum Gasteiger partial charge on any atom is -0.357 e. The number of benzene rings is 2. The summed E-state index contributed by atoms with van der Waals surface area (Å²) in [5.74, 6) is -3.25. The Kier molecular flexibility index (Phi) is 5.94. The molecule has 2 aromatic heterocycles. The number of rotatable bonds is 5. The molecule has 0 bridgehead atoms. The number of amides is 2. The van der Waals surface area contributed by atoms with E-state index in [9.17, 15) is 18.4 Å². The number of likely N-dealkylation sites (N-methyl/N-ethyl adjacent to an activating group) is 1. The average Bonchev–Trinajstić information content (AvgIpc) is 3.34. The Morgan fingerprint density at radius 2 is 1.88 bits per heavy atom. The van der Waals surface area contributed by atoms with Gasteiger partial charge in [-0.15, -0.1) is 11.3 Å². The molecule has 0 fully saturated rings. The van der Waals surface area contributed by atoms with Crippen molar-refractivity contribution in [2.75, 3.05) is 7.05 Å². The van der Waals surface area contributed by atoms with E-state index in [0.717, 1.165) is 17.5 Å². The smallest absolute Gasteiger partial charge is 0.262 e. The van der Waals surface area contributed by atoms with Gasteiger partial charge in [-0.05, 0) is 42.8 Å². The number of aryl methyl sites for hydroxylation is 1. The molecule has 164 valence electrons. The zero-order chi connectivity index (χ0) is 23.0. The molecule has 0 radical (unpaired) electrons. The Balaban J connectivity index is 1.70. The highest BCUT2D eigenvalue weighted by atomic mass is 35.5. The third-order valence-corrected chi connectivity index (χ3v) is 6.34. The molecule has 2 heterocycles. The van der Waals surface area contributed by atoms with Crippen LogP contribution in [0.2, 0.25) is 5.02 Å². The number of halogens is 3. The van der Waals surface area contributed by atoms with Crippen molar-refractivity contribution in [2.45, 2.75) is 13.0 Å². The zero-order valence-electron chi connectivity index (χ0n) is 16.9. The highest BCUT2D eigenvalue weighted by Crippen LogP contribution is 2.32. The molecule has 0 saturated heterocycles. The molecule has 0 aliphatic heterocycles. The highest BCUT2D eigenvalue weighted by molar-refractivity contribution is 7.20. The molecule has 2 N–H and O–H groups in total. The normalized spacial score (nSPS) is 12.0. The Hall–Kier alpha value is -3.30. The number of aromatic nitrogens is 2. The van der Waals surface area contributed by atoms with Gasteiger partial charge in [0.25, 0.3) is 5.91 Å². The van der Waals surface area contributed by atoms with Gasteiger partial charge in [-0.2, -0.15) is 5.10 Å². The van der Waals surface area contributed by atoms with E-state index in [1.165, 1.54) is 24.5 Å². The van der Waals surface area contributed by atoms with Gasteiger partial charge in [0.1, 0.15) is 10.9 Å². The SMILES string of the molecule is CNC(=O)C(NC(=O)c1cc2c(C)nn(-c3ccccc3Cl)c2s1)c1ccc(F)c(F)c1. The predicted octanol–water partition coefficient (Wildman–Crippen LogP) is 4.54. The minimum absolute atomic E-state index is 0.121. The lowest BCUT2D eigenvalue weighted by Crippen LogP contribution is -2.38. The molecule has 4 aromatic rings. The summed E-state index contributed by atoms with van der Waals surface area (Å²) in [6.45, 7) is 1.82. The summed E-state index contributed by atoms with van der Waals surface area (Å²) in [6.07, 6.45) is 0. The third kappa shape index (κ3) is 3.96.